The third kappa shape index (κ3) is 4.06. The Bertz CT molecular complexity index is 482. The number of aromatic nitrogens is 1. The summed E-state index contributed by atoms with van der Waals surface area (Å²) in [7, 11) is -1.76. The van der Waals surface area contributed by atoms with Gasteiger partial charge in [-0.05, 0) is 32.4 Å². The van der Waals surface area contributed by atoms with E-state index in [1.807, 2.05) is 13.8 Å². The Labute approximate surface area is 116 Å². The Balaban J connectivity index is 2.79. The van der Waals surface area contributed by atoms with Crippen LogP contribution in [0.2, 0.25) is 0 Å². The summed E-state index contributed by atoms with van der Waals surface area (Å²) in [6.45, 7) is 7.57. The Morgan fingerprint density at radius 2 is 2.11 bits per heavy atom. The predicted octanol–water partition coefficient (Wildman–Crippen LogP) is 1.93. The van der Waals surface area contributed by atoms with Gasteiger partial charge in [-0.15, -0.1) is 0 Å². The minimum absolute atomic E-state index is 0.00145. The number of sulfonamides is 1. The van der Waals surface area contributed by atoms with Crippen molar-refractivity contribution in [2.75, 3.05) is 13.6 Å². The highest BCUT2D eigenvalue weighted by Gasteiger charge is 2.25. The summed E-state index contributed by atoms with van der Waals surface area (Å²) in [5, 5.41) is 3.24. The highest BCUT2D eigenvalue weighted by atomic mass is 32.2. The SMILES string of the molecule is CCCNCc1cc(S(=O)(=O)N(C)C(C)CC)c[nH]1. The smallest absolute Gasteiger partial charge is 0.244 e. The summed E-state index contributed by atoms with van der Waals surface area (Å²) in [5.41, 5.74) is 0.893. The van der Waals surface area contributed by atoms with E-state index in [2.05, 4.69) is 17.2 Å². The molecule has 0 aliphatic carbocycles. The number of nitrogens with one attached hydrogen (secondary N) is 2. The average molecular weight is 287 g/mol. The van der Waals surface area contributed by atoms with Crippen LogP contribution in [0.4, 0.5) is 0 Å². The first kappa shape index (κ1) is 16.2. The molecule has 2 N–H and O–H groups in total. The summed E-state index contributed by atoms with van der Waals surface area (Å²) >= 11 is 0. The largest absolute Gasteiger partial charge is 0.363 e. The van der Waals surface area contributed by atoms with Crippen molar-refractivity contribution in [1.29, 1.82) is 0 Å². The summed E-state index contributed by atoms with van der Waals surface area (Å²) in [6, 6.07) is 1.71. The van der Waals surface area contributed by atoms with Crippen LogP contribution in [-0.2, 0) is 16.6 Å². The third-order valence-corrected chi connectivity index (χ3v) is 5.30. The molecule has 1 aromatic rings. The molecule has 0 saturated heterocycles. The molecule has 0 bridgehead atoms. The third-order valence-electron chi connectivity index (χ3n) is 3.35. The van der Waals surface area contributed by atoms with Crippen LogP contribution in [0.3, 0.4) is 0 Å². The van der Waals surface area contributed by atoms with E-state index in [-0.39, 0.29) is 6.04 Å². The van der Waals surface area contributed by atoms with Crippen LogP contribution in [0.1, 0.15) is 39.3 Å². The van der Waals surface area contributed by atoms with Crippen LogP contribution in [0.25, 0.3) is 0 Å². The maximum Gasteiger partial charge on any atom is 0.244 e. The number of aromatic amines is 1. The lowest BCUT2D eigenvalue weighted by molar-refractivity contribution is 0.380. The second kappa shape index (κ2) is 7.07. The van der Waals surface area contributed by atoms with E-state index in [0.29, 0.717) is 11.4 Å². The molecule has 0 amide bonds. The van der Waals surface area contributed by atoms with Crippen LogP contribution >= 0.6 is 0 Å². The van der Waals surface area contributed by atoms with E-state index in [9.17, 15) is 8.42 Å². The summed E-state index contributed by atoms with van der Waals surface area (Å²) in [5.74, 6) is 0. The second-order valence-corrected chi connectivity index (χ2v) is 6.81. The molecule has 19 heavy (non-hydrogen) atoms. The van der Waals surface area contributed by atoms with Gasteiger partial charge in [-0.2, -0.15) is 4.31 Å². The fraction of sp³-hybridized carbons (Fsp3) is 0.692. The number of hydrogen-bond donors (Lipinski definition) is 2. The van der Waals surface area contributed by atoms with Gasteiger partial charge in [0.1, 0.15) is 0 Å². The molecule has 1 unspecified atom stereocenters. The van der Waals surface area contributed by atoms with E-state index in [1.54, 1.807) is 19.3 Å². The topological polar surface area (TPSA) is 65.2 Å². The summed E-state index contributed by atoms with van der Waals surface area (Å²) in [6.07, 6.45) is 3.42. The number of nitrogens with zero attached hydrogens (tertiary/aromatic N) is 1. The summed E-state index contributed by atoms with van der Waals surface area (Å²) < 4.78 is 26.2. The zero-order valence-electron chi connectivity index (χ0n) is 12.2. The molecule has 1 atom stereocenters. The van der Waals surface area contributed by atoms with Gasteiger partial charge in [0.05, 0.1) is 4.90 Å². The molecule has 0 radical (unpaired) electrons. The first-order chi connectivity index (χ1) is 8.93. The van der Waals surface area contributed by atoms with Crippen LogP contribution < -0.4 is 5.32 Å². The maximum absolute atomic E-state index is 12.4. The van der Waals surface area contributed by atoms with E-state index in [4.69, 9.17) is 0 Å². The van der Waals surface area contributed by atoms with Crippen molar-refractivity contribution in [2.45, 2.75) is 51.1 Å². The molecule has 1 rings (SSSR count). The van der Waals surface area contributed by atoms with E-state index >= 15 is 0 Å². The van der Waals surface area contributed by atoms with Gasteiger partial charge in [-0.1, -0.05) is 13.8 Å². The predicted molar refractivity (Wildman–Crippen MR) is 77.5 cm³/mol. The zero-order valence-corrected chi connectivity index (χ0v) is 13.0. The van der Waals surface area contributed by atoms with Gasteiger partial charge in [0, 0.05) is 31.5 Å². The fourth-order valence-corrected chi connectivity index (χ4v) is 3.18. The molecule has 110 valence electrons. The van der Waals surface area contributed by atoms with Gasteiger partial charge < -0.3 is 10.3 Å². The maximum atomic E-state index is 12.4. The Morgan fingerprint density at radius 1 is 1.42 bits per heavy atom. The van der Waals surface area contributed by atoms with Crippen molar-refractivity contribution >= 4 is 10.0 Å². The van der Waals surface area contributed by atoms with Crippen molar-refractivity contribution in [3.8, 4) is 0 Å². The molecule has 0 aliphatic heterocycles. The van der Waals surface area contributed by atoms with Crippen LogP contribution in [0.5, 0.6) is 0 Å². The molecule has 0 aliphatic rings. The van der Waals surface area contributed by atoms with Gasteiger partial charge >= 0.3 is 0 Å². The van der Waals surface area contributed by atoms with Gasteiger partial charge in [0.15, 0.2) is 0 Å². The first-order valence-electron chi connectivity index (χ1n) is 6.79. The van der Waals surface area contributed by atoms with Crippen LogP contribution in [0.15, 0.2) is 17.2 Å². The number of hydrogen-bond acceptors (Lipinski definition) is 3. The van der Waals surface area contributed by atoms with Gasteiger partial charge in [0.2, 0.25) is 10.0 Å². The van der Waals surface area contributed by atoms with Gasteiger partial charge in [-0.25, -0.2) is 8.42 Å². The fourth-order valence-electron chi connectivity index (χ4n) is 1.73. The van der Waals surface area contributed by atoms with Gasteiger partial charge in [0.25, 0.3) is 0 Å². The molecule has 1 heterocycles. The molecular weight excluding hydrogens is 262 g/mol. The lowest BCUT2D eigenvalue weighted by Crippen LogP contribution is -2.34. The lowest BCUT2D eigenvalue weighted by atomic mass is 10.3. The van der Waals surface area contributed by atoms with Crippen LogP contribution in [-0.4, -0.2) is 37.3 Å². The van der Waals surface area contributed by atoms with Crippen molar-refractivity contribution in [2.24, 2.45) is 0 Å². The minimum atomic E-state index is -3.39. The molecular formula is C13H25N3O2S. The van der Waals surface area contributed by atoms with Crippen molar-refractivity contribution in [1.82, 2.24) is 14.6 Å². The quantitative estimate of drug-likeness (QED) is 0.718. The molecule has 0 aromatic carbocycles. The Hall–Kier alpha value is -0.850. The normalized spacial score (nSPS) is 13.9. The molecule has 6 heteroatoms. The Kier molecular flexibility index (Phi) is 6.03. The minimum Gasteiger partial charge on any atom is -0.363 e. The van der Waals surface area contributed by atoms with E-state index < -0.39 is 10.0 Å². The number of H-pyrrole nitrogens is 1. The molecule has 0 fully saturated rings. The molecule has 0 saturated carbocycles. The number of rotatable bonds is 8. The molecule has 1 aromatic heterocycles. The highest BCUT2D eigenvalue weighted by molar-refractivity contribution is 7.89. The molecule has 5 nitrogen and oxygen atoms in total. The van der Waals surface area contributed by atoms with Crippen molar-refractivity contribution in [3.63, 3.8) is 0 Å². The standard InChI is InChI=1S/C13H25N3O2S/c1-5-7-14-9-12-8-13(10-15-12)19(17,18)16(4)11(3)6-2/h8,10-11,14-15H,5-7,9H2,1-4H3. The first-order valence-corrected chi connectivity index (χ1v) is 8.23. The summed E-state index contributed by atoms with van der Waals surface area (Å²) in [4.78, 5) is 3.35. The Morgan fingerprint density at radius 3 is 2.68 bits per heavy atom. The highest BCUT2D eigenvalue weighted by Crippen LogP contribution is 2.18. The average Bonchev–Trinajstić information content (AvgIpc) is 2.86. The zero-order chi connectivity index (χ0) is 14.5. The van der Waals surface area contributed by atoms with Gasteiger partial charge in [-0.3, -0.25) is 0 Å². The van der Waals surface area contributed by atoms with E-state index in [0.717, 1.165) is 25.1 Å². The molecule has 0 spiro atoms. The second-order valence-electron chi connectivity index (χ2n) is 4.82. The monoisotopic (exact) mass is 287 g/mol. The van der Waals surface area contributed by atoms with Crippen molar-refractivity contribution in [3.05, 3.63) is 18.0 Å². The lowest BCUT2D eigenvalue weighted by Gasteiger charge is -2.22. The van der Waals surface area contributed by atoms with Crippen LogP contribution in [0, 0.1) is 0 Å². The van der Waals surface area contributed by atoms with Crippen molar-refractivity contribution < 1.29 is 8.42 Å². The van der Waals surface area contributed by atoms with E-state index in [1.165, 1.54) is 4.31 Å².